The van der Waals surface area contributed by atoms with Gasteiger partial charge in [-0.15, -0.1) is 46.7 Å². The smallest absolute Gasteiger partial charge is 0.193 e. The summed E-state index contributed by atoms with van der Waals surface area (Å²) >= 11 is 3.70. The molecule has 4 nitrogen and oxygen atoms in total. The van der Waals surface area contributed by atoms with Crippen molar-refractivity contribution in [3.8, 4) is 0 Å². The number of nitrogens with zero attached hydrogens (tertiary/aromatic N) is 3. The van der Waals surface area contributed by atoms with Gasteiger partial charge in [0.05, 0.1) is 0 Å². The Hall–Kier alpha value is -0.640. The molecular weight excluding hydrogens is 499 g/mol. The van der Waals surface area contributed by atoms with Crippen molar-refractivity contribution in [3.05, 3.63) is 44.8 Å². The highest BCUT2D eigenvalue weighted by atomic mass is 127. The normalized spacial score (nSPS) is 17.9. The predicted molar refractivity (Wildman–Crippen MR) is 134 cm³/mol. The van der Waals surface area contributed by atoms with Gasteiger partial charge in [0.2, 0.25) is 0 Å². The quantitative estimate of drug-likeness (QED) is 0.302. The Morgan fingerprint density at radius 3 is 2.68 bits per heavy atom. The van der Waals surface area contributed by atoms with Crippen LogP contribution in [0.1, 0.15) is 29.5 Å². The van der Waals surface area contributed by atoms with Gasteiger partial charge >= 0.3 is 0 Å². The summed E-state index contributed by atoms with van der Waals surface area (Å²) in [6.45, 7) is 8.47. The summed E-state index contributed by atoms with van der Waals surface area (Å²) in [5.74, 6) is 1.71. The number of rotatable bonds is 8. The molecule has 1 N–H and O–H groups in total. The number of guanidine groups is 1. The number of thiophene rings is 2. The van der Waals surface area contributed by atoms with E-state index in [1.807, 2.05) is 22.7 Å². The fraction of sp³-hybridized carbons (Fsp3) is 0.571. The van der Waals surface area contributed by atoms with Crippen LogP contribution in [0.3, 0.4) is 0 Å². The Kier molecular flexibility index (Phi) is 10.8. The summed E-state index contributed by atoms with van der Waals surface area (Å²) in [7, 11) is 2.15. The first-order valence-electron chi connectivity index (χ1n) is 10.0. The van der Waals surface area contributed by atoms with E-state index in [-0.39, 0.29) is 24.0 Å². The van der Waals surface area contributed by atoms with Crippen molar-refractivity contribution in [1.29, 1.82) is 0 Å². The number of likely N-dealkylation sites (N-methyl/N-ethyl adjacent to an activating group) is 1. The topological polar surface area (TPSA) is 30.9 Å². The van der Waals surface area contributed by atoms with E-state index in [1.54, 1.807) is 0 Å². The Morgan fingerprint density at radius 1 is 1.25 bits per heavy atom. The molecule has 3 rings (SSSR count). The lowest BCUT2D eigenvalue weighted by Gasteiger charge is -2.32. The minimum absolute atomic E-state index is 0. The molecule has 28 heavy (non-hydrogen) atoms. The average Bonchev–Trinajstić information content (AvgIpc) is 3.37. The van der Waals surface area contributed by atoms with Crippen LogP contribution in [-0.2, 0) is 13.0 Å². The standard InChI is InChI=1S/C21H32N4S2.HI/c1-3-22-21(24(2)12-10-19-8-5-13-26-19)23-15-18-7-4-11-25(16-18)17-20-9-6-14-27-20;/h5-6,8-9,13-14,18H,3-4,7,10-12,15-17H2,1-2H3,(H,22,23);1H. The van der Waals surface area contributed by atoms with E-state index < -0.39 is 0 Å². The fourth-order valence-corrected chi connectivity index (χ4v) is 5.04. The monoisotopic (exact) mass is 532 g/mol. The van der Waals surface area contributed by atoms with Gasteiger partial charge in [0.15, 0.2) is 5.96 Å². The molecule has 1 saturated heterocycles. The molecule has 0 aliphatic carbocycles. The zero-order chi connectivity index (χ0) is 18.9. The molecule has 156 valence electrons. The second-order valence-electron chi connectivity index (χ2n) is 7.27. The summed E-state index contributed by atoms with van der Waals surface area (Å²) in [6.07, 6.45) is 3.66. The first-order chi connectivity index (χ1) is 13.2. The number of aliphatic imine (C=N–C) groups is 1. The third kappa shape index (κ3) is 7.65. The maximum absolute atomic E-state index is 4.98. The van der Waals surface area contributed by atoms with Crippen molar-refractivity contribution < 1.29 is 0 Å². The van der Waals surface area contributed by atoms with Gasteiger partial charge in [-0.25, -0.2) is 0 Å². The van der Waals surface area contributed by atoms with E-state index in [1.165, 1.54) is 35.7 Å². The summed E-state index contributed by atoms with van der Waals surface area (Å²) in [4.78, 5) is 12.8. The molecule has 1 aliphatic heterocycles. The van der Waals surface area contributed by atoms with Crippen LogP contribution < -0.4 is 5.32 Å². The van der Waals surface area contributed by atoms with Crippen molar-refractivity contribution in [3.63, 3.8) is 0 Å². The number of hydrogen-bond donors (Lipinski definition) is 1. The van der Waals surface area contributed by atoms with Gasteiger partial charge in [0.25, 0.3) is 0 Å². The van der Waals surface area contributed by atoms with Crippen LogP contribution in [0.2, 0.25) is 0 Å². The second-order valence-corrected chi connectivity index (χ2v) is 9.33. The molecular formula is C21H33IN4S2. The Labute approximate surface area is 195 Å². The van der Waals surface area contributed by atoms with E-state index in [4.69, 9.17) is 4.99 Å². The van der Waals surface area contributed by atoms with Gasteiger partial charge in [-0.2, -0.15) is 0 Å². The van der Waals surface area contributed by atoms with Crippen molar-refractivity contribution >= 4 is 52.6 Å². The third-order valence-electron chi connectivity index (χ3n) is 5.03. The van der Waals surface area contributed by atoms with Crippen LogP contribution >= 0.6 is 46.7 Å². The minimum atomic E-state index is 0. The van der Waals surface area contributed by atoms with Gasteiger partial charge in [0.1, 0.15) is 0 Å². The van der Waals surface area contributed by atoms with E-state index in [2.05, 4.69) is 64.1 Å². The lowest BCUT2D eigenvalue weighted by molar-refractivity contribution is 0.172. The summed E-state index contributed by atoms with van der Waals surface area (Å²) in [5, 5.41) is 7.80. The molecule has 1 atom stereocenters. The third-order valence-corrected chi connectivity index (χ3v) is 6.83. The van der Waals surface area contributed by atoms with Crippen LogP contribution in [0.25, 0.3) is 0 Å². The molecule has 2 aromatic rings. The van der Waals surface area contributed by atoms with E-state index >= 15 is 0 Å². The second kappa shape index (κ2) is 12.8. The molecule has 0 amide bonds. The van der Waals surface area contributed by atoms with Crippen molar-refractivity contribution in [2.24, 2.45) is 10.9 Å². The Bertz CT molecular complexity index is 673. The molecule has 0 saturated carbocycles. The van der Waals surface area contributed by atoms with Crippen LogP contribution in [0, 0.1) is 5.92 Å². The van der Waals surface area contributed by atoms with Gasteiger partial charge in [-0.05, 0) is 61.5 Å². The lowest BCUT2D eigenvalue weighted by atomic mass is 9.98. The first kappa shape index (κ1) is 23.6. The number of hydrogen-bond acceptors (Lipinski definition) is 4. The molecule has 0 aromatic carbocycles. The van der Waals surface area contributed by atoms with Gasteiger partial charge in [-0.3, -0.25) is 9.89 Å². The largest absolute Gasteiger partial charge is 0.357 e. The number of nitrogens with one attached hydrogen (secondary N) is 1. The van der Waals surface area contributed by atoms with Crippen LogP contribution in [-0.4, -0.2) is 55.5 Å². The number of piperidine rings is 1. The Morgan fingerprint density at radius 2 is 2.00 bits per heavy atom. The Balaban J connectivity index is 0.00000280. The summed E-state index contributed by atoms with van der Waals surface area (Å²) in [5.41, 5.74) is 0. The van der Waals surface area contributed by atoms with E-state index in [0.717, 1.165) is 38.6 Å². The number of halogens is 1. The van der Waals surface area contributed by atoms with Crippen molar-refractivity contribution in [1.82, 2.24) is 15.1 Å². The highest BCUT2D eigenvalue weighted by molar-refractivity contribution is 14.0. The maximum Gasteiger partial charge on any atom is 0.193 e. The fourth-order valence-electron chi connectivity index (χ4n) is 3.59. The molecule has 2 aromatic heterocycles. The SMILES string of the molecule is CCNC(=NCC1CCCN(Cc2cccs2)C1)N(C)CCc1cccs1.I. The zero-order valence-electron chi connectivity index (χ0n) is 17.0. The first-order valence-corrected chi connectivity index (χ1v) is 11.8. The molecule has 7 heteroatoms. The van der Waals surface area contributed by atoms with Crippen LogP contribution in [0.15, 0.2) is 40.0 Å². The highest BCUT2D eigenvalue weighted by Gasteiger charge is 2.20. The van der Waals surface area contributed by atoms with Crippen LogP contribution in [0.5, 0.6) is 0 Å². The van der Waals surface area contributed by atoms with Crippen molar-refractivity contribution in [2.75, 3.05) is 39.8 Å². The van der Waals surface area contributed by atoms with E-state index in [0.29, 0.717) is 5.92 Å². The molecule has 3 heterocycles. The molecule has 0 bridgehead atoms. The molecule has 0 spiro atoms. The summed E-state index contributed by atoms with van der Waals surface area (Å²) < 4.78 is 0. The molecule has 1 fully saturated rings. The molecule has 1 unspecified atom stereocenters. The number of likely N-dealkylation sites (tertiary alicyclic amines) is 1. The van der Waals surface area contributed by atoms with Gasteiger partial charge in [0, 0.05) is 49.5 Å². The predicted octanol–water partition coefficient (Wildman–Crippen LogP) is 4.78. The molecule has 1 aliphatic rings. The highest BCUT2D eigenvalue weighted by Crippen LogP contribution is 2.20. The zero-order valence-corrected chi connectivity index (χ0v) is 20.9. The van der Waals surface area contributed by atoms with Gasteiger partial charge in [-0.1, -0.05) is 12.1 Å². The molecule has 0 radical (unpaired) electrons. The maximum atomic E-state index is 4.98. The average molecular weight is 533 g/mol. The van der Waals surface area contributed by atoms with Gasteiger partial charge < -0.3 is 10.2 Å². The van der Waals surface area contributed by atoms with Crippen LogP contribution in [0.4, 0.5) is 0 Å². The van der Waals surface area contributed by atoms with Crippen molar-refractivity contribution in [2.45, 2.75) is 32.7 Å². The van der Waals surface area contributed by atoms with E-state index in [9.17, 15) is 0 Å². The minimum Gasteiger partial charge on any atom is -0.357 e. The lowest BCUT2D eigenvalue weighted by Crippen LogP contribution is -2.41. The summed E-state index contributed by atoms with van der Waals surface area (Å²) in [6, 6.07) is 8.75.